The third kappa shape index (κ3) is 5.70. The molecule has 2 aromatic rings. The van der Waals surface area contributed by atoms with Crippen LogP contribution in [0.25, 0.3) is 0 Å². The number of carbonyl (C=O) groups excluding carboxylic acids is 3. The second-order valence-electron chi connectivity index (χ2n) is 11.9. The van der Waals surface area contributed by atoms with E-state index in [1.54, 1.807) is 6.92 Å². The molecule has 2 aromatic carbocycles. The van der Waals surface area contributed by atoms with Crippen molar-refractivity contribution < 1.29 is 49.0 Å². The van der Waals surface area contributed by atoms with Crippen LogP contribution in [-0.4, -0.2) is 80.9 Å². The Morgan fingerprint density at radius 1 is 1.18 bits per heavy atom. The van der Waals surface area contributed by atoms with Crippen LogP contribution < -0.4 is 15.9 Å². The molecule has 1 aliphatic heterocycles. The van der Waals surface area contributed by atoms with Crippen LogP contribution in [0.15, 0.2) is 23.3 Å². The molecular weight excluding hydrogens is 586 g/mol. The van der Waals surface area contributed by atoms with E-state index in [4.69, 9.17) is 19.9 Å². The van der Waals surface area contributed by atoms with Crippen molar-refractivity contribution in [2.45, 2.75) is 95.5 Å². The number of carbonyl (C=O) groups is 3. The average Bonchev–Trinajstić information content (AvgIpc) is 3.01. The highest BCUT2D eigenvalue weighted by Crippen LogP contribution is 2.52. The van der Waals surface area contributed by atoms with Crippen LogP contribution in [-0.2, 0) is 20.7 Å². The van der Waals surface area contributed by atoms with Crippen LogP contribution in [0.3, 0.4) is 0 Å². The maximum absolute atomic E-state index is 13.8. The summed E-state index contributed by atoms with van der Waals surface area (Å²) in [6.45, 7) is 5.07. The van der Waals surface area contributed by atoms with Crippen LogP contribution in [0.2, 0.25) is 0 Å². The molecule has 242 valence electrons. The van der Waals surface area contributed by atoms with Gasteiger partial charge in [0.1, 0.15) is 22.8 Å². The largest absolute Gasteiger partial charge is 0.507 e. The van der Waals surface area contributed by atoms with Crippen molar-refractivity contribution >= 4 is 23.2 Å². The molecule has 0 spiro atoms. The molecule has 0 unspecified atom stereocenters. The summed E-state index contributed by atoms with van der Waals surface area (Å²) < 4.78 is 17.4. The third-order valence-electron chi connectivity index (χ3n) is 8.92. The zero-order valence-electron chi connectivity index (χ0n) is 25.6. The predicted octanol–water partition coefficient (Wildman–Crippen LogP) is 2.12. The number of phenolic OH excluding ortho intramolecular Hbond substituents is 2. The number of benzene rings is 2. The minimum Gasteiger partial charge on any atom is -0.507 e. The molecule has 2 aliphatic carbocycles. The first kappa shape index (κ1) is 32.5. The zero-order chi connectivity index (χ0) is 32.8. The highest BCUT2D eigenvalue weighted by atomic mass is 16.7. The van der Waals surface area contributed by atoms with Crippen molar-refractivity contribution in [1.82, 2.24) is 5.43 Å². The van der Waals surface area contributed by atoms with Crippen LogP contribution >= 0.6 is 0 Å². The summed E-state index contributed by atoms with van der Waals surface area (Å²) in [4.78, 5) is 39.8. The number of aromatic hydroxyl groups is 2. The van der Waals surface area contributed by atoms with Gasteiger partial charge in [0.05, 0.1) is 47.8 Å². The fourth-order valence-corrected chi connectivity index (χ4v) is 6.31. The summed E-state index contributed by atoms with van der Waals surface area (Å²) in [5, 5.41) is 49.7. The van der Waals surface area contributed by atoms with Gasteiger partial charge in [0.25, 0.3) is 0 Å². The first-order chi connectivity index (χ1) is 21.3. The molecule has 5 rings (SSSR count). The molecular formula is C32H39N3O10. The van der Waals surface area contributed by atoms with Gasteiger partial charge in [-0.05, 0) is 26.3 Å². The quantitative estimate of drug-likeness (QED) is 0.121. The molecule has 45 heavy (non-hydrogen) atoms. The molecule has 1 amide bonds. The average molecular weight is 626 g/mol. The fraction of sp³-hybridized carbons (Fsp3) is 0.500. The highest BCUT2D eigenvalue weighted by molar-refractivity contribution is 6.31. The zero-order valence-corrected chi connectivity index (χ0v) is 25.6. The van der Waals surface area contributed by atoms with Crippen molar-refractivity contribution in [3.05, 3.63) is 51.6 Å². The number of nitrogens with one attached hydrogen (secondary N) is 1. The van der Waals surface area contributed by atoms with Gasteiger partial charge in [-0.15, -0.1) is 0 Å². The second-order valence-corrected chi connectivity index (χ2v) is 11.9. The van der Waals surface area contributed by atoms with E-state index in [1.807, 2.05) is 6.92 Å². The van der Waals surface area contributed by atoms with E-state index in [2.05, 4.69) is 10.5 Å². The number of unbranched alkanes of at least 4 members (excludes halogenated alkanes) is 1. The van der Waals surface area contributed by atoms with Crippen LogP contribution in [0.1, 0.15) is 102 Å². The molecule has 1 fully saturated rings. The monoisotopic (exact) mass is 625 g/mol. The summed E-state index contributed by atoms with van der Waals surface area (Å²) >= 11 is 0. The first-order valence-corrected chi connectivity index (χ1v) is 15.0. The number of hydrazone groups is 1. The fourth-order valence-electron chi connectivity index (χ4n) is 6.31. The Bertz CT molecular complexity index is 1560. The number of hydrogen-bond acceptors (Lipinski definition) is 12. The lowest BCUT2D eigenvalue weighted by molar-refractivity contribution is -0.245. The number of nitrogens with two attached hydrogens (primary N) is 1. The van der Waals surface area contributed by atoms with E-state index in [-0.39, 0.29) is 65.3 Å². The molecule has 3 aliphatic rings. The van der Waals surface area contributed by atoms with Crippen molar-refractivity contribution in [2.75, 3.05) is 7.11 Å². The van der Waals surface area contributed by atoms with Gasteiger partial charge in [-0.2, -0.15) is 5.10 Å². The van der Waals surface area contributed by atoms with Gasteiger partial charge in [0.2, 0.25) is 11.7 Å². The minimum absolute atomic E-state index is 0.00819. The number of aliphatic hydroxyl groups excluding tert-OH is 1. The number of rotatable bonds is 8. The lowest BCUT2D eigenvalue weighted by Crippen LogP contribution is -2.52. The van der Waals surface area contributed by atoms with Crippen LogP contribution in [0.4, 0.5) is 0 Å². The van der Waals surface area contributed by atoms with E-state index in [9.17, 15) is 34.8 Å². The normalized spacial score (nSPS) is 27.8. The third-order valence-corrected chi connectivity index (χ3v) is 8.92. The molecule has 6 atom stereocenters. The lowest BCUT2D eigenvalue weighted by atomic mass is 9.72. The Hall–Kier alpha value is -3.88. The summed E-state index contributed by atoms with van der Waals surface area (Å²) in [6, 6.07) is 3.78. The molecule has 0 saturated carbocycles. The van der Waals surface area contributed by atoms with Gasteiger partial charge in [-0.3, -0.25) is 14.4 Å². The summed E-state index contributed by atoms with van der Waals surface area (Å²) in [5.41, 5.74) is 5.89. The van der Waals surface area contributed by atoms with E-state index < -0.39 is 70.4 Å². The van der Waals surface area contributed by atoms with E-state index in [0.717, 1.165) is 6.42 Å². The maximum Gasteiger partial charge on any atom is 0.240 e. The Kier molecular flexibility index (Phi) is 9.02. The molecule has 13 nitrogen and oxygen atoms in total. The number of phenols is 2. The minimum atomic E-state index is -1.83. The molecule has 1 saturated heterocycles. The van der Waals surface area contributed by atoms with Crippen LogP contribution in [0.5, 0.6) is 17.2 Å². The van der Waals surface area contributed by atoms with Gasteiger partial charge in [-0.1, -0.05) is 25.5 Å². The highest BCUT2D eigenvalue weighted by Gasteiger charge is 2.49. The molecule has 0 bridgehead atoms. The standard InChI is InChI=1S/C32H39N3O10/c1-5-6-10-21(36)35-34-15(3)32(42)12-17-24(20(13-32)45-22-11-18(33)27(37)14(2)44-22)31(41)26-25(29(17)39)28(38)16-8-7-9-19(43-4)23(16)30(26)40/h7-9,14,18,20,22,27,37,39,41-42H,5-6,10-13,33H2,1-4H3,(H,35,36)/b34-15-/t14-,18-,20+,22+,27+,32-/m0/s1. The Morgan fingerprint density at radius 2 is 1.89 bits per heavy atom. The lowest BCUT2D eigenvalue weighted by Gasteiger charge is -2.42. The smallest absolute Gasteiger partial charge is 0.240 e. The summed E-state index contributed by atoms with van der Waals surface area (Å²) in [7, 11) is 1.35. The number of amides is 1. The van der Waals surface area contributed by atoms with Crippen molar-refractivity contribution in [3.63, 3.8) is 0 Å². The second kappa shape index (κ2) is 12.5. The van der Waals surface area contributed by atoms with E-state index >= 15 is 0 Å². The summed E-state index contributed by atoms with van der Waals surface area (Å²) in [5.74, 6) is -2.84. The number of aliphatic hydroxyl groups is 2. The maximum atomic E-state index is 13.8. The first-order valence-electron chi connectivity index (χ1n) is 15.0. The van der Waals surface area contributed by atoms with Gasteiger partial charge in [0, 0.05) is 48.4 Å². The topological polar surface area (TPSA) is 210 Å². The number of methoxy groups -OCH3 is 1. The molecule has 0 aromatic heterocycles. The van der Waals surface area contributed by atoms with Gasteiger partial charge >= 0.3 is 0 Å². The van der Waals surface area contributed by atoms with Gasteiger partial charge in [-0.25, -0.2) is 5.43 Å². The van der Waals surface area contributed by atoms with Gasteiger partial charge < -0.3 is 40.4 Å². The number of ketones is 2. The van der Waals surface area contributed by atoms with Crippen LogP contribution in [0, 0.1) is 0 Å². The SMILES string of the molecule is CCCCC(=O)N/N=C(/C)[C@]1(O)Cc2c(O)c3c(c(O)c2[C@H](O[C@@H]2C[C@H](N)[C@H](O)[C@H](C)O2)C1)C(=O)c1c(OC)cccc1C3=O. The Balaban J connectivity index is 1.63. The van der Waals surface area contributed by atoms with Crippen molar-refractivity contribution in [1.29, 1.82) is 0 Å². The Labute approximate surface area is 260 Å². The number of fused-ring (bicyclic) bond motifs is 3. The molecule has 13 heteroatoms. The number of nitrogens with zero attached hydrogens (tertiary/aromatic N) is 1. The molecule has 0 radical (unpaired) electrons. The van der Waals surface area contributed by atoms with Gasteiger partial charge in [0.15, 0.2) is 12.1 Å². The van der Waals surface area contributed by atoms with Crippen molar-refractivity contribution in [2.24, 2.45) is 10.8 Å². The molecule has 7 N–H and O–H groups in total. The van der Waals surface area contributed by atoms with Crippen molar-refractivity contribution in [3.8, 4) is 17.2 Å². The number of ether oxygens (including phenoxy) is 3. The predicted molar refractivity (Wildman–Crippen MR) is 160 cm³/mol. The number of hydrogen-bond donors (Lipinski definition) is 6. The summed E-state index contributed by atoms with van der Waals surface area (Å²) in [6.07, 6.45) is -2.65. The van der Waals surface area contributed by atoms with E-state index in [1.165, 1.54) is 32.2 Å². The molecule has 1 heterocycles. The van der Waals surface area contributed by atoms with E-state index in [0.29, 0.717) is 6.42 Å². The Morgan fingerprint density at radius 3 is 2.56 bits per heavy atom.